The van der Waals surface area contributed by atoms with Gasteiger partial charge < -0.3 is 15.0 Å². The molecule has 190 valence electrons. The third kappa shape index (κ3) is 6.16. The van der Waals surface area contributed by atoms with Crippen LogP contribution in [0.25, 0.3) is 0 Å². The van der Waals surface area contributed by atoms with Crippen molar-refractivity contribution in [3.63, 3.8) is 0 Å². The van der Waals surface area contributed by atoms with Crippen LogP contribution in [0.5, 0.6) is 5.75 Å². The Morgan fingerprint density at radius 1 is 0.972 bits per heavy atom. The topological polar surface area (TPSA) is 96.0 Å². The van der Waals surface area contributed by atoms with Crippen LogP contribution >= 0.6 is 11.6 Å². The third-order valence-corrected chi connectivity index (χ3v) is 7.84. The zero-order chi connectivity index (χ0) is 26.3. The number of para-hydroxylation sites is 1. The number of nitrogens with zero attached hydrogens (tertiary/aromatic N) is 2. The zero-order valence-electron chi connectivity index (χ0n) is 20.2. The molecule has 1 atom stereocenters. The highest BCUT2D eigenvalue weighted by Crippen LogP contribution is 2.26. The number of sulfonamides is 1. The standard InChI is InChI=1S/C26H28ClN3O5S/c1-19(26(32)28-2)29(17-20-9-7-8-12-24(20)27)25(31)18-30(21-10-5-4-6-11-21)36(33,34)23-15-13-22(35-3)14-16-23/h4-16,19H,17-18H2,1-3H3,(H,28,32)/t19-/m0/s1. The molecule has 10 heteroatoms. The van der Waals surface area contributed by atoms with Gasteiger partial charge in [-0.05, 0) is 55.0 Å². The lowest BCUT2D eigenvalue weighted by atomic mass is 10.1. The number of carbonyl (C=O) groups excluding carboxylic acids is 2. The van der Waals surface area contributed by atoms with E-state index in [1.807, 2.05) is 0 Å². The van der Waals surface area contributed by atoms with Crippen molar-refractivity contribution >= 4 is 39.1 Å². The molecule has 36 heavy (non-hydrogen) atoms. The first kappa shape index (κ1) is 27.0. The number of amides is 2. The van der Waals surface area contributed by atoms with Gasteiger partial charge in [0, 0.05) is 18.6 Å². The largest absolute Gasteiger partial charge is 0.497 e. The zero-order valence-corrected chi connectivity index (χ0v) is 21.8. The number of hydrogen-bond donors (Lipinski definition) is 1. The Balaban J connectivity index is 2.01. The molecule has 3 rings (SSSR count). The van der Waals surface area contributed by atoms with Gasteiger partial charge in [0.25, 0.3) is 10.0 Å². The summed E-state index contributed by atoms with van der Waals surface area (Å²) in [5.74, 6) is -0.451. The summed E-state index contributed by atoms with van der Waals surface area (Å²) in [6, 6.07) is 20.4. The van der Waals surface area contributed by atoms with Crippen LogP contribution < -0.4 is 14.4 Å². The predicted octanol–water partition coefficient (Wildman–Crippen LogP) is 3.71. The van der Waals surface area contributed by atoms with Gasteiger partial charge in [0.15, 0.2) is 0 Å². The van der Waals surface area contributed by atoms with Crippen LogP contribution in [0.1, 0.15) is 12.5 Å². The summed E-state index contributed by atoms with van der Waals surface area (Å²) in [6.45, 7) is 1.08. The quantitative estimate of drug-likeness (QED) is 0.432. The summed E-state index contributed by atoms with van der Waals surface area (Å²) in [7, 11) is -1.18. The molecule has 0 aliphatic heterocycles. The molecule has 8 nitrogen and oxygen atoms in total. The van der Waals surface area contributed by atoms with Gasteiger partial charge in [0.05, 0.1) is 17.7 Å². The first-order chi connectivity index (χ1) is 17.2. The van der Waals surface area contributed by atoms with Gasteiger partial charge in [-0.2, -0.15) is 0 Å². The van der Waals surface area contributed by atoms with Crippen LogP contribution in [-0.2, 0) is 26.2 Å². The Bertz CT molecular complexity index is 1300. The van der Waals surface area contributed by atoms with Crippen LogP contribution in [0, 0.1) is 0 Å². The van der Waals surface area contributed by atoms with E-state index in [0.29, 0.717) is 22.0 Å². The minimum absolute atomic E-state index is 0.00282. The molecule has 1 N–H and O–H groups in total. The Kier molecular flexibility index (Phi) is 8.95. The second-order valence-electron chi connectivity index (χ2n) is 7.93. The number of anilines is 1. The van der Waals surface area contributed by atoms with Crippen molar-refractivity contribution in [3.05, 3.63) is 89.4 Å². The number of carbonyl (C=O) groups is 2. The number of likely N-dealkylation sites (N-methyl/N-ethyl adjacent to an activating group) is 1. The molecule has 0 bridgehead atoms. The number of nitrogens with one attached hydrogen (secondary N) is 1. The normalized spacial score (nSPS) is 11.9. The average Bonchev–Trinajstić information content (AvgIpc) is 2.90. The van der Waals surface area contributed by atoms with E-state index < -0.39 is 28.5 Å². The molecule has 3 aromatic rings. The van der Waals surface area contributed by atoms with Crippen molar-refractivity contribution in [3.8, 4) is 5.75 Å². The first-order valence-corrected chi connectivity index (χ1v) is 13.0. The van der Waals surface area contributed by atoms with Crippen LogP contribution in [0.4, 0.5) is 5.69 Å². The Morgan fingerprint density at radius 2 is 1.58 bits per heavy atom. The Labute approximate surface area is 216 Å². The number of methoxy groups -OCH3 is 1. The highest BCUT2D eigenvalue weighted by atomic mass is 35.5. The smallest absolute Gasteiger partial charge is 0.264 e. The fourth-order valence-corrected chi connectivity index (χ4v) is 5.21. The summed E-state index contributed by atoms with van der Waals surface area (Å²) in [4.78, 5) is 27.5. The second-order valence-corrected chi connectivity index (χ2v) is 10.2. The fourth-order valence-electron chi connectivity index (χ4n) is 3.60. The molecule has 0 saturated carbocycles. The van der Waals surface area contributed by atoms with E-state index in [1.165, 1.54) is 43.3 Å². The van der Waals surface area contributed by atoms with E-state index in [0.717, 1.165) is 4.31 Å². The van der Waals surface area contributed by atoms with E-state index in [2.05, 4.69) is 5.32 Å². The van der Waals surface area contributed by atoms with Crippen LogP contribution in [0.15, 0.2) is 83.8 Å². The molecular formula is C26H28ClN3O5S. The fraction of sp³-hybridized carbons (Fsp3) is 0.231. The van der Waals surface area contributed by atoms with Gasteiger partial charge in [0.2, 0.25) is 11.8 Å². The highest BCUT2D eigenvalue weighted by Gasteiger charge is 2.32. The molecule has 0 unspecified atom stereocenters. The number of benzene rings is 3. The molecule has 0 radical (unpaired) electrons. The molecule has 0 fully saturated rings. The molecule has 0 aromatic heterocycles. The van der Waals surface area contributed by atoms with E-state index >= 15 is 0 Å². The molecule has 0 spiro atoms. The number of hydrogen-bond acceptors (Lipinski definition) is 5. The number of ether oxygens (including phenoxy) is 1. The number of rotatable bonds is 10. The summed E-state index contributed by atoms with van der Waals surface area (Å²) in [5.41, 5.74) is 0.944. The second kappa shape index (κ2) is 11.9. The molecule has 3 aromatic carbocycles. The maximum Gasteiger partial charge on any atom is 0.264 e. The van der Waals surface area contributed by atoms with Gasteiger partial charge in [-0.15, -0.1) is 0 Å². The van der Waals surface area contributed by atoms with Crippen molar-refractivity contribution in [1.29, 1.82) is 0 Å². The van der Waals surface area contributed by atoms with Gasteiger partial charge in [0.1, 0.15) is 18.3 Å². The summed E-state index contributed by atoms with van der Waals surface area (Å²) >= 11 is 6.32. The molecule has 0 aliphatic carbocycles. The Hall–Kier alpha value is -3.56. The number of halogens is 1. The minimum atomic E-state index is -4.14. The van der Waals surface area contributed by atoms with Crippen molar-refractivity contribution in [1.82, 2.24) is 10.2 Å². The SMILES string of the molecule is CNC(=O)[C@H](C)N(Cc1ccccc1Cl)C(=O)CN(c1ccccc1)S(=O)(=O)c1ccc(OC)cc1. The van der Waals surface area contributed by atoms with Crippen LogP contribution in [-0.4, -0.2) is 51.9 Å². The van der Waals surface area contributed by atoms with E-state index in [-0.39, 0.29) is 17.3 Å². The minimum Gasteiger partial charge on any atom is -0.497 e. The summed E-state index contributed by atoms with van der Waals surface area (Å²) in [6.07, 6.45) is 0. The molecular weight excluding hydrogens is 502 g/mol. The lowest BCUT2D eigenvalue weighted by molar-refractivity contribution is -0.139. The van der Waals surface area contributed by atoms with Crippen molar-refractivity contribution in [2.24, 2.45) is 0 Å². The van der Waals surface area contributed by atoms with Gasteiger partial charge in [-0.1, -0.05) is 48.0 Å². The molecule has 0 saturated heterocycles. The summed E-state index contributed by atoms with van der Waals surface area (Å²) in [5, 5.41) is 2.98. The van der Waals surface area contributed by atoms with E-state index in [4.69, 9.17) is 16.3 Å². The van der Waals surface area contributed by atoms with Gasteiger partial charge >= 0.3 is 0 Å². The van der Waals surface area contributed by atoms with Crippen LogP contribution in [0.2, 0.25) is 5.02 Å². The van der Waals surface area contributed by atoms with E-state index in [9.17, 15) is 18.0 Å². The Morgan fingerprint density at radius 3 is 2.17 bits per heavy atom. The van der Waals surface area contributed by atoms with Gasteiger partial charge in [-0.25, -0.2) is 8.42 Å². The highest BCUT2D eigenvalue weighted by molar-refractivity contribution is 7.92. The van der Waals surface area contributed by atoms with Crippen molar-refractivity contribution < 1.29 is 22.7 Å². The molecule has 2 amide bonds. The van der Waals surface area contributed by atoms with Crippen molar-refractivity contribution in [2.75, 3.05) is 25.0 Å². The molecule has 0 aliphatic rings. The maximum absolute atomic E-state index is 13.7. The lowest BCUT2D eigenvalue weighted by Crippen LogP contribution is -2.50. The van der Waals surface area contributed by atoms with Gasteiger partial charge in [-0.3, -0.25) is 13.9 Å². The summed E-state index contributed by atoms with van der Waals surface area (Å²) < 4.78 is 33.5. The monoisotopic (exact) mass is 529 g/mol. The van der Waals surface area contributed by atoms with Crippen LogP contribution in [0.3, 0.4) is 0 Å². The molecule has 0 heterocycles. The predicted molar refractivity (Wildman–Crippen MR) is 139 cm³/mol. The van der Waals surface area contributed by atoms with E-state index in [1.54, 1.807) is 61.5 Å². The van der Waals surface area contributed by atoms with Crippen molar-refractivity contribution in [2.45, 2.75) is 24.4 Å². The first-order valence-electron chi connectivity index (χ1n) is 11.2. The average molecular weight is 530 g/mol. The lowest BCUT2D eigenvalue weighted by Gasteiger charge is -2.32. The maximum atomic E-state index is 13.7. The third-order valence-electron chi connectivity index (χ3n) is 5.68.